The topological polar surface area (TPSA) is 15.3 Å². The van der Waals surface area contributed by atoms with Crippen LogP contribution in [0.25, 0.3) is 0 Å². The first-order chi connectivity index (χ1) is 9.49. The van der Waals surface area contributed by atoms with Crippen LogP contribution in [0.5, 0.6) is 0 Å². The molecule has 2 nitrogen and oxygen atoms in total. The van der Waals surface area contributed by atoms with Crippen LogP contribution in [-0.2, 0) is 0 Å². The minimum Gasteiger partial charge on any atom is -0.314 e. The first-order valence-corrected chi connectivity index (χ1v) is 7.75. The van der Waals surface area contributed by atoms with E-state index in [0.29, 0.717) is 18.0 Å². The number of rotatable bonds is 4. The Morgan fingerprint density at radius 2 is 2.20 bits per heavy atom. The second-order valence-electron chi connectivity index (χ2n) is 6.06. The van der Waals surface area contributed by atoms with E-state index in [1.54, 1.807) is 6.07 Å². The zero-order valence-corrected chi connectivity index (χ0v) is 13.3. The zero-order chi connectivity index (χ0) is 14.7. The number of benzene rings is 1. The lowest BCUT2D eigenvalue weighted by Gasteiger charge is -2.40. The molecule has 20 heavy (non-hydrogen) atoms. The number of piperidine rings is 1. The van der Waals surface area contributed by atoms with Gasteiger partial charge in [0.25, 0.3) is 0 Å². The Kier molecular flexibility index (Phi) is 5.42. The third kappa shape index (κ3) is 3.72. The Morgan fingerprint density at radius 1 is 1.45 bits per heavy atom. The molecular formula is C16H24ClFN2. The van der Waals surface area contributed by atoms with Gasteiger partial charge < -0.3 is 5.32 Å². The molecular weight excluding hydrogens is 275 g/mol. The van der Waals surface area contributed by atoms with Crippen molar-refractivity contribution in [1.82, 2.24) is 10.2 Å². The second-order valence-corrected chi connectivity index (χ2v) is 6.47. The molecule has 1 heterocycles. The summed E-state index contributed by atoms with van der Waals surface area (Å²) in [5.74, 6) is 0.198. The summed E-state index contributed by atoms with van der Waals surface area (Å²) < 4.78 is 13.4. The molecule has 0 aliphatic carbocycles. The Balaban J connectivity index is 2.20. The molecule has 1 aromatic carbocycles. The lowest BCUT2D eigenvalue weighted by Crippen LogP contribution is -2.41. The van der Waals surface area contributed by atoms with Crippen molar-refractivity contribution in [3.63, 3.8) is 0 Å². The summed E-state index contributed by atoms with van der Waals surface area (Å²) in [6.07, 6.45) is 2.41. The third-order valence-corrected chi connectivity index (χ3v) is 4.37. The van der Waals surface area contributed by atoms with Crippen LogP contribution in [0.2, 0.25) is 5.02 Å². The first-order valence-electron chi connectivity index (χ1n) is 7.37. The average Bonchev–Trinajstić information content (AvgIpc) is 2.40. The van der Waals surface area contributed by atoms with Gasteiger partial charge >= 0.3 is 0 Å². The van der Waals surface area contributed by atoms with Gasteiger partial charge in [-0.2, -0.15) is 0 Å². The number of hydrogen-bond acceptors (Lipinski definition) is 2. The molecule has 0 saturated carbocycles. The maximum absolute atomic E-state index is 13.4. The highest BCUT2D eigenvalue weighted by atomic mass is 35.5. The second kappa shape index (κ2) is 6.88. The first kappa shape index (κ1) is 15.7. The van der Waals surface area contributed by atoms with Gasteiger partial charge in [0.05, 0.1) is 5.02 Å². The normalized spacial score (nSPS) is 24.3. The summed E-state index contributed by atoms with van der Waals surface area (Å²) in [4.78, 5) is 2.36. The van der Waals surface area contributed by atoms with E-state index >= 15 is 0 Å². The van der Waals surface area contributed by atoms with Gasteiger partial charge in [-0.15, -0.1) is 0 Å². The SMILES string of the molecule is CC(C)NCC1CCCN(C)C1c1ccc(F)c(Cl)c1. The van der Waals surface area contributed by atoms with Gasteiger partial charge in [0.1, 0.15) is 5.82 Å². The number of nitrogens with zero attached hydrogens (tertiary/aromatic N) is 1. The molecule has 4 heteroatoms. The summed E-state index contributed by atoms with van der Waals surface area (Å²) in [5, 5.41) is 3.75. The van der Waals surface area contributed by atoms with Crippen LogP contribution in [0.15, 0.2) is 18.2 Å². The Labute approximate surface area is 126 Å². The summed E-state index contributed by atoms with van der Waals surface area (Å²) in [5.41, 5.74) is 1.12. The van der Waals surface area contributed by atoms with Crippen LogP contribution in [0.4, 0.5) is 4.39 Å². The van der Waals surface area contributed by atoms with Gasteiger partial charge in [-0.1, -0.05) is 31.5 Å². The van der Waals surface area contributed by atoms with E-state index in [4.69, 9.17) is 11.6 Å². The average molecular weight is 299 g/mol. The summed E-state index contributed by atoms with van der Waals surface area (Å²) in [7, 11) is 2.14. The van der Waals surface area contributed by atoms with E-state index < -0.39 is 0 Å². The lowest BCUT2D eigenvalue weighted by atomic mass is 9.84. The molecule has 2 unspecified atom stereocenters. The Morgan fingerprint density at radius 3 is 2.85 bits per heavy atom. The van der Waals surface area contributed by atoms with Gasteiger partial charge in [0.15, 0.2) is 0 Å². The molecule has 1 fully saturated rings. The molecule has 112 valence electrons. The molecule has 0 spiro atoms. The molecule has 1 aliphatic rings. The molecule has 2 atom stereocenters. The molecule has 0 radical (unpaired) electrons. The van der Waals surface area contributed by atoms with Crippen molar-refractivity contribution in [1.29, 1.82) is 0 Å². The fourth-order valence-electron chi connectivity index (χ4n) is 3.08. The molecule has 0 bridgehead atoms. The van der Waals surface area contributed by atoms with E-state index in [-0.39, 0.29) is 10.8 Å². The van der Waals surface area contributed by atoms with Crippen LogP contribution < -0.4 is 5.32 Å². The predicted molar refractivity (Wildman–Crippen MR) is 82.6 cm³/mol. The lowest BCUT2D eigenvalue weighted by molar-refractivity contribution is 0.118. The standard InChI is InChI=1S/C16H24ClFN2/c1-11(2)19-10-13-5-4-8-20(3)16(13)12-6-7-15(18)14(17)9-12/h6-7,9,11,13,16,19H,4-5,8,10H2,1-3H3. The van der Waals surface area contributed by atoms with E-state index in [2.05, 4.69) is 31.1 Å². The van der Waals surface area contributed by atoms with Crippen molar-refractivity contribution in [2.24, 2.45) is 5.92 Å². The molecule has 1 aromatic rings. The zero-order valence-electron chi connectivity index (χ0n) is 12.5. The van der Waals surface area contributed by atoms with Crippen LogP contribution in [-0.4, -0.2) is 31.1 Å². The van der Waals surface area contributed by atoms with Crippen molar-refractivity contribution in [3.8, 4) is 0 Å². The van der Waals surface area contributed by atoms with E-state index in [9.17, 15) is 4.39 Å². The highest BCUT2D eigenvalue weighted by Crippen LogP contribution is 2.36. The monoisotopic (exact) mass is 298 g/mol. The van der Waals surface area contributed by atoms with Crippen molar-refractivity contribution < 1.29 is 4.39 Å². The highest BCUT2D eigenvalue weighted by Gasteiger charge is 2.30. The predicted octanol–water partition coefficient (Wildman–Crippen LogP) is 3.86. The quantitative estimate of drug-likeness (QED) is 0.908. The fourth-order valence-corrected chi connectivity index (χ4v) is 3.27. The molecule has 1 saturated heterocycles. The van der Waals surface area contributed by atoms with Crippen LogP contribution >= 0.6 is 11.6 Å². The summed E-state index contributed by atoms with van der Waals surface area (Å²) in [6.45, 7) is 6.39. The number of nitrogens with one attached hydrogen (secondary N) is 1. The molecule has 2 rings (SSSR count). The third-order valence-electron chi connectivity index (χ3n) is 4.08. The smallest absolute Gasteiger partial charge is 0.141 e. The Hall–Kier alpha value is -0.640. The number of hydrogen-bond donors (Lipinski definition) is 1. The maximum Gasteiger partial charge on any atom is 0.141 e. The van der Waals surface area contributed by atoms with Gasteiger partial charge in [0.2, 0.25) is 0 Å². The summed E-state index contributed by atoms with van der Waals surface area (Å²) >= 11 is 5.95. The molecule has 0 aromatic heterocycles. The van der Waals surface area contributed by atoms with E-state index in [1.807, 2.05) is 6.07 Å². The van der Waals surface area contributed by atoms with Crippen LogP contribution in [0.3, 0.4) is 0 Å². The van der Waals surface area contributed by atoms with Crippen molar-refractivity contribution >= 4 is 11.6 Å². The van der Waals surface area contributed by atoms with Gasteiger partial charge in [-0.25, -0.2) is 4.39 Å². The minimum absolute atomic E-state index is 0.219. The van der Waals surface area contributed by atoms with Crippen molar-refractivity contribution in [3.05, 3.63) is 34.6 Å². The largest absolute Gasteiger partial charge is 0.314 e. The van der Waals surface area contributed by atoms with Crippen LogP contribution in [0.1, 0.15) is 38.3 Å². The van der Waals surface area contributed by atoms with Crippen molar-refractivity contribution in [2.45, 2.75) is 38.8 Å². The minimum atomic E-state index is -0.342. The number of halogens is 2. The van der Waals surface area contributed by atoms with Crippen LogP contribution in [0, 0.1) is 11.7 Å². The maximum atomic E-state index is 13.4. The van der Waals surface area contributed by atoms with Gasteiger partial charge in [-0.05, 0) is 50.0 Å². The fraction of sp³-hybridized carbons (Fsp3) is 0.625. The number of likely N-dealkylation sites (tertiary alicyclic amines) is 1. The molecule has 1 N–H and O–H groups in total. The van der Waals surface area contributed by atoms with Gasteiger partial charge in [0, 0.05) is 18.6 Å². The highest BCUT2D eigenvalue weighted by molar-refractivity contribution is 6.30. The molecule has 1 aliphatic heterocycles. The Bertz CT molecular complexity index is 450. The van der Waals surface area contributed by atoms with Crippen molar-refractivity contribution in [2.75, 3.05) is 20.1 Å². The van der Waals surface area contributed by atoms with Gasteiger partial charge in [-0.3, -0.25) is 4.90 Å². The summed E-state index contributed by atoms with van der Waals surface area (Å²) in [6, 6.07) is 5.93. The van der Waals surface area contributed by atoms with E-state index in [1.165, 1.54) is 18.9 Å². The molecule has 0 amide bonds. The van der Waals surface area contributed by atoms with E-state index in [0.717, 1.165) is 18.7 Å².